The molecule has 2 aromatic heterocycles. The van der Waals surface area contributed by atoms with Crippen LogP contribution in [0.5, 0.6) is 0 Å². The van der Waals surface area contributed by atoms with E-state index in [0.29, 0.717) is 30.0 Å². The molecule has 3 heterocycles. The first kappa shape index (κ1) is 14.2. The summed E-state index contributed by atoms with van der Waals surface area (Å²) in [5.74, 6) is 1.73. The van der Waals surface area contributed by atoms with Gasteiger partial charge in [0, 0.05) is 25.9 Å². The highest BCUT2D eigenvalue weighted by molar-refractivity contribution is 5.43. The van der Waals surface area contributed by atoms with Crippen LogP contribution in [-0.2, 0) is 9.47 Å². The lowest BCUT2D eigenvalue weighted by Gasteiger charge is -2.27. The third-order valence-corrected chi connectivity index (χ3v) is 3.58. The van der Waals surface area contributed by atoms with Gasteiger partial charge in [0.2, 0.25) is 11.6 Å². The summed E-state index contributed by atoms with van der Waals surface area (Å²) in [5.41, 5.74) is 0.774. The highest BCUT2D eigenvalue weighted by atomic mass is 16.5. The fourth-order valence-corrected chi connectivity index (χ4v) is 2.53. The molecular weight excluding hydrogens is 274 g/mol. The zero-order chi connectivity index (χ0) is 14.7. The standard InChI is InChI=1S/C14H19N3O4/c1-3-19-12(10-4-6-18-7-5-10)13-15-14(21-17-13)11-8-9(2)16-20-11/h8,10,12H,3-7H2,1-2H3. The number of hydrogen-bond acceptors (Lipinski definition) is 7. The van der Waals surface area contributed by atoms with Gasteiger partial charge in [0.05, 0.1) is 5.69 Å². The molecule has 0 amide bonds. The van der Waals surface area contributed by atoms with Gasteiger partial charge >= 0.3 is 0 Å². The Kier molecular flexibility index (Phi) is 4.31. The molecule has 0 N–H and O–H groups in total. The molecule has 0 radical (unpaired) electrons. The van der Waals surface area contributed by atoms with Crippen LogP contribution in [0.4, 0.5) is 0 Å². The second-order valence-corrected chi connectivity index (χ2v) is 5.12. The number of aromatic nitrogens is 3. The van der Waals surface area contributed by atoms with E-state index in [1.165, 1.54) is 0 Å². The summed E-state index contributed by atoms with van der Waals surface area (Å²) in [5, 5.41) is 7.88. The zero-order valence-electron chi connectivity index (χ0n) is 12.2. The van der Waals surface area contributed by atoms with Crippen molar-refractivity contribution in [2.24, 2.45) is 5.92 Å². The zero-order valence-corrected chi connectivity index (χ0v) is 12.2. The Balaban J connectivity index is 1.81. The molecule has 1 saturated heterocycles. The van der Waals surface area contributed by atoms with E-state index in [1.54, 1.807) is 6.07 Å². The Morgan fingerprint density at radius 3 is 2.76 bits per heavy atom. The average Bonchev–Trinajstić information content (AvgIpc) is 3.14. The third-order valence-electron chi connectivity index (χ3n) is 3.58. The molecule has 114 valence electrons. The molecule has 1 fully saturated rings. The van der Waals surface area contributed by atoms with Crippen LogP contribution in [0.3, 0.4) is 0 Å². The van der Waals surface area contributed by atoms with Crippen LogP contribution in [0.25, 0.3) is 11.7 Å². The number of nitrogens with zero attached hydrogens (tertiary/aromatic N) is 3. The SMILES string of the molecule is CCOC(c1noc(-c2cc(C)no2)n1)C1CCOCC1. The van der Waals surface area contributed by atoms with Gasteiger partial charge < -0.3 is 18.5 Å². The Labute approximate surface area is 122 Å². The Bertz CT molecular complexity index is 574. The molecule has 0 spiro atoms. The van der Waals surface area contributed by atoms with Crippen molar-refractivity contribution in [1.29, 1.82) is 0 Å². The quantitative estimate of drug-likeness (QED) is 0.837. The fraction of sp³-hybridized carbons (Fsp3) is 0.643. The minimum atomic E-state index is -0.166. The summed E-state index contributed by atoms with van der Waals surface area (Å²) in [6.07, 6.45) is 1.71. The van der Waals surface area contributed by atoms with Crippen molar-refractivity contribution in [3.63, 3.8) is 0 Å². The predicted molar refractivity (Wildman–Crippen MR) is 72.4 cm³/mol. The molecule has 1 aliphatic rings. The fourth-order valence-electron chi connectivity index (χ4n) is 2.53. The first-order valence-electron chi connectivity index (χ1n) is 7.24. The number of aryl methyl sites for hydroxylation is 1. The summed E-state index contributed by atoms with van der Waals surface area (Å²) < 4.78 is 21.7. The van der Waals surface area contributed by atoms with Gasteiger partial charge in [-0.05, 0) is 32.6 Å². The van der Waals surface area contributed by atoms with E-state index in [9.17, 15) is 0 Å². The summed E-state index contributed by atoms with van der Waals surface area (Å²) in [4.78, 5) is 4.41. The molecule has 1 unspecified atom stereocenters. The van der Waals surface area contributed by atoms with E-state index < -0.39 is 0 Å². The van der Waals surface area contributed by atoms with Crippen LogP contribution < -0.4 is 0 Å². The molecule has 1 atom stereocenters. The maximum Gasteiger partial charge on any atom is 0.296 e. The van der Waals surface area contributed by atoms with Crippen LogP contribution in [0.2, 0.25) is 0 Å². The minimum absolute atomic E-state index is 0.166. The van der Waals surface area contributed by atoms with Gasteiger partial charge in [-0.3, -0.25) is 0 Å². The minimum Gasteiger partial charge on any atom is -0.381 e. The normalized spacial score (nSPS) is 18.0. The monoisotopic (exact) mass is 293 g/mol. The number of rotatable bonds is 5. The lowest BCUT2D eigenvalue weighted by molar-refractivity contribution is -0.0362. The van der Waals surface area contributed by atoms with E-state index in [4.69, 9.17) is 18.5 Å². The van der Waals surface area contributed by atoms with E-state index >= 15 is 0 Å². The van der Waals surface area contributed by atoms with E-state index in [1.807, 2.05) is 13.8 Å². The van der Waals surface area contributed by atoms with E-state index in [-0.39, 0.29) is 6.10 Å². The molecule has 0 aliphatic carbocycles. The second-order valence-electron chi connectivity index (χ2n) is 5.12. The van der Waals surface area contributed by atoms with Crippen LogP contribution in [0.15, 0.2) is 15.1 Å². The maximum atomic E-state index is 5.84. The van der Waals surface area contributed by atoms with E-state index in [2.05, 4.69) is 15.3 Å². The first-order valence-corrected chi connectivity index (χ1v) is 7.24. The number of hydrogen-bond donors (Lipinski definition) is 0. The van der Waals surface area contributed by atoms with Crippen LogP contribution >= 0.6 is 0 Å². The number of ether oxygens (including phenoxy) is 2. The molecule has 0 aromatic carbocycles. The van der Waals surface area contributed by atoms with Gasteiger partial charge in [-0.1, -0.05) is 10.3 Å². The van der Waals surface area contributed by atoms with Gasteiger partial charge in [-0.2, -0.15) is 4.98 Å². The molecule has 3 rings (SSSR count). The lowest BCUT2D eigenvalue weighted by Crippen LogP contribution is -2.24. The largest absolute Gasteiger partial charge is 0.381 e. The van der Waals surface area contributed by atoms with Gasteiger partial charge in [0.25, 0.3) is 5.89 Å². The summed E-state index contributed by atoms with van der Waals surface area (Å²) in [6.45, 7) is 5.91. The van der Waals surface area contributed by atoms with Gasteiger partial charge in [-0.25, -0.2) is 0 Å². The third kappa shape index (κ3) is 3.14. The highest BCUT2D eigenvalue weighted by Crippen LogP contribution is 2.32. The second kappa shape index (κ2) is 6.36. The van der Waals surface area contributed by atoms with Gasteiger partial charge in [0.15, 0.2) is 0 Å². The summed E-state index contributed by atoms with van der Waals surface area (Å²) in [6, 6.07) is 1.77. The van der Waals surface area contributed by atoms with Crippen LogP contribution in [-0.4, -0.2) is 35.1 Å². The summed E-state index contributed by atoms with van der Waals surface area (Å²) >= 11 is 0. The van der Waals surface area contributed by atoms with Gasteiger partial charge in [-0.15, -0.1) is 0 Å². The van der Waals surface area contributed by atoms with Crippen molar-refractivity contribution < 1.29 is 18.5 Å². The maximum absolute atomic E-state index is 5.84. The van der Waals surface area contributed by atoms with Crippen molar-refractivity contribution >= 4 is 0 Å². The molecule has 2 aromatic rings. The van der Waals surface area contributed by atoms with Crippen molar-refractivity contribution in [2.75, 3.05) is 19.8 Å². The van der Waals surface area contributed by atoms with Crippen molar-refractivity contribution in [1.82, 2.24) is 15.3 Å². The molecule has 7 nitrogen and oxygen atoms in total. The Morgan fingerprint density at radius 2 is 2.10 bits per heavy atom. The van der Waals surface area contributed by atoms with Crippen LogP contribution in [0.1, 0.15) is 37.4 Å². The molecular formula is C14H19N3O4. The van der Waals surface area contributed by atoms with Crippen LogP contribution in [0, 0.1) is 12.8 Å². The lowest BCUT2D eigenvalue weighted by atomic mass is 9.93. The molecule has 1 aliphatic heterocycles. The van der Waals surface area contributed by atoms with Crippen molar-refractivity contribution in [3.8, 4) is 11.7 Å². The Morgan fingerprint density at radius 1 is 1.29 bits per heavy atom. The topological polar surface area (TPSA) is 83.4 Å². The molecule has 0 bridgehead atoms. The molecule has 7 heteroatoms. The summed E-state index contributed by atoms with van der Waals surface area (Å²) in [7, 11) is 0. The van der Waals surface area contributed by atoms with Gasteiger partial charge in [0.1, 0.15) is 6.10 Å². The Hall–Kier alpha value is -1.73. The molecule has 0 saturated carbocycles. The van der Waals surface area contributed by atoms with Crippen molar-refractivity contribution in [3.05, 3.63) is 17.6 Å². The first-order chi connectivity index (χ1) is 10.3. The highest BCUT2D eigenvalue weighted by Gasteiger charge is 2.30. The molecule has 21 heavy (non-hydrogen) atoms. The average molecular weight is 293 g/mol. The van der Waals surface area contributed by atoms with E-state index in [0.717, 1.165) is 31.7 Å². The van der Waals surface area contributed by atoms with Crippen molar-refractivity contribution in [2.45, 2.75) is 32.8 Å². The smallest absolute Gasteiger partial charge is 0.296 e. The predicted octanol–water partition coefficient (Wildman–Crippen LogP) is 2.54.